The molecule has 0 radical (unpaired) electrons. The summed E-state index contributed by atoms with van der Waals surface area (Å²) >= 11 is 0. The minimum absolute atomic E-state index is 0.225. The van der Waals surface area contributed by atoms with Crippen LogP contribution in [0, 0.1) is 5.82 Å². The Morgan fingerprint density at radius 1 is 1.36 bits per heavy atom. The van der Waals surface area contributed by atoms with Crippen LogP contribution in [0.5, 0.6) is 0 Å². The lowest BCUT2D eigenvalue weighted by Crippen LogP contribution is -2.44. The van der Waals surface area contributed by atoms with Crippen molar-refractivity contribution in [1.29, 1.82) is 0 Å². The Balaban J connectivity index is 2.16. The molecule has 2 heterocycles. The van der Waals surface area contributed by atoms with E-state index in [1.807, 2.05) is 6.92 Å². The van der Waals surface area contributed by atoms with Gasteiger partial charge in [0, 0.05) is 44.3 Å². The highest BCUT2D eigenvalue weighted by molar-refractivity contribution is 6.06. The van der Waals surface area contributed by atoms with E-state index in [9.17, 15) is 14.3 Å². The zero-order chi connectivity index (χ0) is 15.9. The predicted octanol–water partition coefficient (Wildman–Crippen LogP) is 1.65. The third-order valence-corrected chi connectivity index (χ3v) is 4.16. The number of halogens is 1. The molecule has 0 bridgehead atoms. The number of fused-ring (bicyclic) bond motifs is 1. The largest absolute Gasteiger partial charge is 0.478 e. The number of hydrogen-bond donors (Lipinski definition) is 1. The molecule has 0 amide bonds. The minimum atomic E-state index is -1.28. The minimum Gasteiger partial charge on any atom is -0.478 e. The van der Waals surface area contributed by atoms with Crippen LogP contribution in [-0.4, -0.2) is 59.0 Å². The number of carboxylic acid groups (broad SMARTS) is 1. The zero-order valence-corrected chi connectivity index (χ0v) is 12.7. The van der Waals surface area contributed by atoms with Crippen LogP contribution < -0.4 is 4.90 Å². The van der Waals surface area contributed by atoms with Crippen LogP contribution in [0.15, 0.2) is 12.3 Å². The standard InChI is InChI=1S/C15H19FN4O2/c1-3-20-9-10-12(19-6-4-18(2)5-7-19)8-11(16)13(15(21)22)14(10)17-20/h8-9H,3-7H2,1-2H3,(H,21,22). The maximum Gasteiger partial charge on any atom is 0.341 e. The topological polar surface area (TPSA) is 61.6 Å². The van der Waals surface area contributed by atoms with Crippen molar-refractivity contribution in [3.63, 3.8) is 0 Å². The average molecular weight is 306 g/mol. The maximum atomic E-state index is 14.3. The molecule has 0 aliphatic carbocycles. The van der Waals surface area contributed by atoms with Gasteiger partial charge in [0.2, 0.25) is 0 Å². The van der Waals surface area contributed by atoms with Crippen molar-refractivity contribution in [2.75, 3.05) is 38.1 Å². The van der Waals surface area contributed by atoms with E-state index in [2.05, 4.69) is 21.9 Å². The fraction of sp³-hybridized carbons (Fsp3) is 0.467. The highest BCUT2D eigenvalue weighted by Gasteiger charge is 2.24. The van der Waals surface area contributed by atoms with Crippen molar-refractivity contribution < 1.29 is 14.3 Å². The molecule has 1 fully saturated rings. The summed E-state index contributed by atoms with van der Waals surface area (Å²) in [5.41, 5.74) is 0.605. The number of carboxylic acids is 1. The molecule has 0 atom stereocenters. The monoisotopic (exact) mass is 306 g/mol. The van der Waals surface area contributed by atoms with Crippen LogP contribution in [-0.2, 0) is 6.54 Å². The quantitative estimate of drug-likeness (QED) is 0.934. The van der Waals surface area contributed by atoms with Crippen molar-refractivity contribution in [2.45, 2.75) is 13.5 Å². The van der Waals surface area contributed by atoms with Crippen LogP contribution in [0.4, 0.5) is 10.1 Å². The van der Waals surface area contributed by atoms with Gasteiger partial charge in [-0.3, -0.25) is 4.68 Å². The molecular formula is C15H19FN4O2. The number of aromatic carboxylic acids is 1. The van der Waals surface area contributed by atoms with Gasteiger partial charge in [0.15, 0.2) is 0 Å². The molecule has 1 aliphatic heterocycles. The molecule has 6 nitrogen and oxygen atoms in total. The molecule has 2 aromatic rings. The molecule has 1 aliphatic rings. The van der Waals surface area contributed by atoms with E-state index >= 15 is 0 Å². The van der Waals surface area contributed by atoms with E-state index in [4.69, 9.17) is 0 Å². The zero-order valence-electron chi connectivity index (χ0n) is 12.7. The second-order valence-electron chi connectivity index (χ2n) is 5.60. The third-order valence-electron chi connectivity index (χ3n) is 4.16. The Hall–Kier alpha value is -2.15. The summed E-state index contributed by atoms with van der Waals surface area (Å²) < 4.78 is 16.0. The van der Waals surface area contributed by atoms with Gasteiger partial charge in [0.05, 0.1) is 5.69 Å². The van der Waals surface area contributed by atoms with Gasteiger partial charge < -0.3 is 14.9 Å². The Morgan fingerprint density at radius 3 is 2.64 bits per heavy atom. The van der Waals surface area contributed by atoms with Gasteiger partial charge in [-0.25, -0.2) is 9.18 Å². The summed E-state index contributed by atoms with van der Waals surface area (Å²) in [6.45, 7) is 5.89. The first-order chi connectivity index (χ1) is 10.5. The van der Waals surface area contributed by atoms with Crippen LogP contribution >= 0.6 is 0 Å². The molecule has 3 rings (SSSR count). The SMILES string of the molecule is CCn1cc2c(N3CCN(C)CC3)cc(F)c(C(=O)O)c2n1. The Bertz CT molecular complexity index is 720. The molecule has 118 valence electrons. The van der Waals surface area contributed by atoms with Crippen molar-refractivity contribution in [2.24, 2.45) is 0 Å². The molecule has 0 unspecified atom stereocenters. The maximum absolute atomic E-state index is 14.3. The number of carbonyl (C=O) groups is 1. The fourth-order valence-corrected chi connectivity index (χ4v) is 2.85. The van der Waals surface area contributed by atoms with Gasteiger partial charge in [-0.1, -0.05) is 0 Å². The van der Waals surface area contributed by atoms with Gasteiger partial charge in [-0.15, -0.1) is 0 Å². The Morgan fingerprint density at radius 2 is 2.05 bits per heavy atom. The molecule has 1 aromatic heterocycles. The van der Waals surface area contributed by atoms with E-state index in [0.29, 0.717) is 11.9 Å². The summed E-state index contributed by atoms with van der Waals surface area (Å²) in [7, 11) is 2.05. The molecule has 0 spiro atoms. The number of benzene rings is 1. The molecular weight excluding hydrogens is 287 g/mol. The highest BCUT2D eigenvalue weighted by atomic mass is 19.1. The molecule has 0 saturated carbocycles. The lowest BCUT2D eigenvalue weighted by molar-refractivity contribution is 0.0694. The number of hydrogen-bond acceptors (Lipinski definition) is 4. The normalized spacial score (nSPS) is 16.4. The van der Waals surface area contributed by atoms with E-state index in [1.165, 1.54) is 6.07 Å². The van der Waals surface area contributed by atoms with Crippen molar-refractivity contribution in [3.05, 3.63) is 23.6 Å². The van der Waals surface area contributed by atoms with Crippen molar-refractivity contribution in [1.82, 2.24) is 14.7 Å². The first-order valence-corrected chi connectivity index (χ1v) is 7.37. The second kappa shape index (κ2) is 5.57. The fourth-order valence-electron chi connectivity index (χ4n) is 2.85. The number of likely N-dealkylation sites (N-methyl/N-ethyl adjacent to an activating group) is 1. The van der Waals surface area contributed by atoms with E-state index in [0.717, 1.165) is 31.9 Å². The van der Waals surface area contributed by atoms with Gasteiger partial charge in [0.25, 0.3) is 0 Å². The van der Waals surface area contributed by atoms with Gasteiger partial charge in [-0.05, 0) is 20.0 Å². The van der Waals surface area contributed by atoms with E-state index in [-0.39, 0.29) is 11.1 Å². The number of nitrogens with zero attached hydrogens (tertiary/aromatic N) is 4. The first kappa shape index (κ1) is 14.8. The first-order valence-electron chi connectivity index (χ1n) is 7.37. The molecule has 7 heteroatoms. The Labute approximate surface area is 127 Å². The van der Waals surface area contributed by atoms with Crippen LogP contribution in [0.1, 0.15) is 17.3 Å². The molecule has 22 heavy (non-hydrogen) atoms. The molecule has 1 N–H and O–H groups in total. The smallest absolute Gasteiger partial charge is 0.341 e. The summed E-state index contributed by atoms with van der Waals surface area (Å²) in [6, 6.07) is 1.33. The van der Waals surface area contributed by atoms with Crippen molar-refractivity contribution >= 4 is 22.6 Å². The highest BCUT2D eigenvalue weighted by Crippen LogP contribution is 2.31. The average Bonchev–Trinajstić information content (AvgIpc) is 2.90. The van der Waals surface area contributed by atoms with Gasteiger partial charge in [-0.2, -0.15) is 5.10 Å². The number of aryl methyl sites for hydroxylation is 1. The summed E-state index contributed by atoms with van der Waals surface area (Å²) in [5, 5.41) is 14.2. The number of anilines is 1. The van der Waals surface area contributed by atoms with Crippen LogP contribution in [0.25, 0.3) is 10.9 Å². The summed E-state index contributed by atoms with van der Waals surface area (Å²) in [6.07, 6.45) is 1.80. The van der Waals surface area contributed by atoms with Crippen LogP contribution in [0.2, 0.25) is 0 Å². The molecule has 1 saturated heterocycles. The molecule has 1 aromatic carbocycles. The lowest BCUT2D eigenvalue weighted by atomic mass is 10.1. The predicted molar refractivity (Wildman–Crippen MR) is 82.0 cm³/mol. The number of piperazine rings is 1. The summed E-state index contributed by atoms with van der Waals surface area (Å²) in [4.78, 5) is 15.7. The number of rotatable bonds is 3. The summed E-state index contributed by atoms with van der Waals surface area (Å²) in [5.74, 6) is -2.01. The number of aromatic nitrogens is 2. The lowest BCUT2D eigenvalue weighted by Gasteiger charge is -2.34. The van der Waals surface area contributed by atoms with Gasteiger partial charge >= 0.3 is 5.97 Å². The van der Waals surface area contributed by atoms with Crippen molar-refractivity contribution in [3.8, 4) is 0 Å². The van der Waals surface area contributed by atoms with E-state index < -0.39 is 11.8 Å². The van der Waals surface area contributed by atoms with Gasteiger partial charge in [0.1, 0.15) is 16.9 Å². The Kier molecular flexibility index (Phi) is 3.74. The third kappa shape index (κ3) is 2.41. The van der Waals surface area contributed by atoms with Crippen LogP contribution in [0.3, 0.4) is 0 Å². The van der Waals surface area contributed by atoms with E-state index in [1.54, 1.807) is 10.9 Å². The second-order valence-corrected chi connectivity index (χ2v) is 5.60.